The third-order valence-corrected chi connectivity index (χ3v) is 2.74. The average molecular weight is 327 g/mol. The standard InChI is InChI=1S/C16H25NO6/c1-6-22-13(18)9-8-12(15(19)23-7-2)10-17-14(11(3)4)16(20)21-5/h8-11,14,17H,6-7H2,1-5H3/b9-8+,12-10-/t14-/m0/s1. The molecule has 7 heteroatoms. The summed E-state index contributed by atoms with van der Waals surface area (Å²) in [6, 6.07) is -0.625. The van der Waals surface area contributed by atoms with Crippen molar-refractivity contribution in [3.05, 3.63) is 23.9 Å². The van der Waals surface area contributed by atoms with Crippen molar-refractivity contribution in [1.29, 1.82) is 0 Å². The predicted octanol–water partition coefficient (Wildman–Crippen LogP) is 1.34. The molecule has 23 heavy (non-hydrogen) atoms. The maximum atomic E-state index is 11.9. The van der Waals surface area contributed by atoms with E-state index in [0.717, 1.165) is 6.08 Å². The monoisotopic (exact) mass is 327 g/mol. The molecule has 0 fully saturated rings. The maximum Gasteiger partial charge on any atom is 0.339 e. The van der Waals surface area contributed by atoms with Crippen molar-refractivity contribution in [1.82, 2.24) is 5.32 Å². The molecule has 0 saturated heterocycles. The van der Waals surface area contributed by atoms with Crippen LogP contribution >= 0.6 is 0 Å². The molecule has 0 saturated carbocycles. The number of carbonyl (C=O) groups excluding carboxylic acids is 3. The predicted molar refractivity (Wildman–Crippen MR) is 84.3 cm³/mol. The average Bonchev–Trinajstić information content (AvgIpc) is 2.50. The Morgan fingerprint density at radius 2 is 1.65 bits per heavy atom. The summed E-state index contributed by atoms with van der Waals surface area (Å²) < 4.78 is 14.4. The first-order chi connectivity index (χ1) is 10.9. The van der Waals surface area contributed by atoms with Crippen LogP contribution in [0, 0.1) is 5.92 Å². The highest BCUT2D eigenvalue weighted by Crippen LogP contribution is 2.06. The van der Waals surface area contributed by atoms with Gasteiger partial charge in [0.15, 0.2) is 0 Å². The molecule has 0 bridgehead atoms. The molecule has 0 aromatic rings. The fourth-order valence-corrected chi connectivity index (χ4v) is 1.58. The highest BCUT2D eigenvalue weighted by atomic mass is 16.5. The summed E-state index contributed by atoms with van der Waals surface area (Å²) in [5, 5.41) is 2.82. The zero-order valence-corrected chi connectivity index (χ0v) is 14.3. The van der Waals surface area contributed by atoms with Gasteiger partial charge >= 0.3 is 17.9 Å². The molecule has 0 rings (SSSR count). The highest BCUT2D eigenvalue weighted by molar-refractivity contribution is 5.94. The highest BCUT2D eigenvalue weighted by Gasteiger charge is 2.22. The lowest BCUT2D eigenvalue weighted by molar-refractivity contribution is -0.144. The fraction of sp³-hybridized carbons (Fsp3) is 0.562. The van der Waals surface area contributed by atoms with Gasteiger partial charge in [0, 0.05) is 12.3 Å². The van der Waals surface area contributed by atoms with Gasteiger partial charge in [-0.2, -0.15) is 0 Å². The van der Waals surface area contributed by atoms with Crippen LogP contribution < -0.4 is 5.32 Å². The molecule has 7 nitrogen and oxygen atoms in total. The Bertz CT molecular complexity index is 467. The minimum Gasteiger partial charge on any atom is -0.467 e. The van der Waals surface area contributed by atoms with Gasteiger partial charge in [0.25, 0.3) is 0 Å². The Labute approximate surface area is 136 Å². The molecule has 1 atom stereocenters. The van der Waals surface area contributed by atoms with E-state index in [4.69, 9.17) is 14.2 Å². The van der Waals surface area contributed by atoms with E-state index in [1.807, 2.05) is 13.8 Å². The minimum atomic E-state index is -0.625. The van der Waals surface area contributed by atoms with Crippen molar-refractivity contribution in [3.8, 4) is 0 Å². The van der Waals surface area contributed by atoms with E-state index >= 15 is 0 Å². The molecule has 0 spiro atoms. The Kier molecular flexibility index (Phi) is 10.1. The Morgan fingerprint density at radius 3 is 2.13 bits per heavy atom. The lowest BCUT2D eigenvalue weighted by Gasteiger charge is -2.18. The number of rotatable bonds is 9. The molecule has 0 aliphatic heterocycles. The van der Waals surface area contributed by atoms with Gasteiger partial charge < -0.3 is 19.5 Å². The largest absolute Gasteiger partial charge is 0.467 e. The van der Waals surface area contributed by atoms with E-state index in [0.29, 0.717) is 0 Å². The van der Waals surface area contributed by atoms with Gasteiger partial charge in [0.1, 0.15) is 6.04 Å². The first-order valence-electron chi connectivity index (χ1n) is 7.43. The van der Waals surface area contributed by atoms with Crippen LogP contribution in [0.4, 0.5) is 0 Å². The van der Waals surface area contributed by atoms with Gasteiger partial charge in [-0.25, -0.2) is 14.4 Å². The lowest BCUT2D eigenvalue weighted by atomic mass is 10.0. The van der Waals surface area contributed by atoms with Crippen LogP contribution in [0.1, 0.15) is 27.7 Å². The van der Waals surface area contributed by atoms with Gasteiger partial charge in [0.2, 0.25) is 0 Å². The van der Waals surface area contributed by atoms with Gasteiger partial charge in [-0.15, -0.1) is 0 Å². The van der Waals surface area contributed by atoms with Crippen molar-refractivity contribution in [2.24, 2.45) is 5.92 Å². The third kappa shape index (κ3) is 8.04. The zero-order chi connectivity index (χ0) is 17.8. The smallest absolute Gasteiger partial charge is 0.339 e. The summed E-state index contributed by atoms with van der Waals surface area (Å²) in [6.45, 7) is 7.44. The van der Waals surface area contributed by atoms with Crippen LogP contribution in [0.5, 0.6) is 0 Å². The number of hydrogen-bond donors (Lipinski definition) is 1. The number of ether oxygens (including phenoxy) is 3. The van der Waals surface area contributed by atoms with E-state index in [1.165, 1.54) is 19.4 Å². The van der Waals surface area contributed by atoms with Crippen molar-refractivity contribution in [2.45, 2.75) is 33.7 Å². The van der Waals surface area contributed by atoms with Crippen molar-refractivity contribution in [2.75, 3.05) is 20.3 Å². The van der Waals surface area contributed by atoms with E-state index in [-0.39, 0.29) is 24.7 Å². The summed E-state index contributed by atoms with van der Waals surface area (Å²) >= 11 is 0. The number of nitrogens with one attached hydrogen (secondary N) is 1. The Hall–Kier alpha value is -2.31. The molecule has 0 aromatic carbocycles. The van der Waals surface area contributed by atoms with Gasteiger partial charge in [-0.3, -0.25) is 0 Å². The first-order valence-corrected chi connectivity index (χ1v) is 7.43. The summed E-state index contributed by atoms with van der Waals surface area (Å²) in [5.74, 6) is -1.70. The number of methoxy groups -OCH3 is 1. The number of esters is 3. The Morgan fingerprint density at radius 1 is 1.04 bits per heavy atom. The van der Waals surface area contributed by atoms with Crippen LogP contribution in [0.25, 0.3) is 0 Å². The van der Waals surface area contributed by atoms with E-state index in [2.05, 4.69) is 5.32 Å². The van der Waals surface area contributed by atoms with Crippen LogP contribution in [0.15, 0.2) is 23.9 Å². The van der Waals surface area contributed by atoms with Crippen LogP contribution in [-0.4, -0.2) is 44.3 Å². The second kappa shape index (κ2) is 11.3. The second-order valence-corrected chi connectivity index (χ2v) is 4.82. The van der Waals surface area contributed by atoms with Gasteiger partial charge in [-0.1, -0.05) is 13.8 Å². The number of carbonyl (C=O) groups is 3. The quantitative estimate of drug-likeness (QED) is 0.296. The van der Waals surface area contributed by atoms with Crippen molar-refractivity contribution >= 4 is 17.9 Å². The van der Waals surface area contributed by atoms with Gasteiger partial charge in [0.05, 0.1) is 25.9 Å². The Balaban J connectivity index is 5.21. The van der Waals surface area contributed by atoms with Crippen LogP contribution in [0.2, 0.25) is 0 Å². The third-order valence-electron chi connectivity index (χ3n) is 2.74. The van der Waals surface area contributed by atoms with E-state index in [9.17, 15) is 14.4 Å². The first kappa shape index (κ1) is 20.7. The molecule has 130 valence electrons. The topological polar surface area (TPSA) is 90.9 Å². The summed E-state index contributed by atoms with van der Waals surface area (Å²) in [5.41, 5.74) is 0.0921. The molecule has 0 aromatic heterocycles. The molecule has 0 unspecified atom stereocenters. The summed E-state index contributed by atoms with van der Waals surface area (Å²) in [7, 11) is 1.29. The zero-order valence-electron chi connectivity index (χ0n) is 14.3. The van der Waals surface area contributed by atoms with E-state index in [1.54, 1.807) is 13.8 Å². The SMILES string of the molecule is CCOC(=O)/C=C/C(=C/N[C@H](C(=O)OC)C(C)C)C(=O)OCC. The summed E-state index contributed by atoms with van der Waals surface area (Å²) in [4.78, 5) is 34.9. The fourth-order valence-electron chi connectivity index (χ4n) is 1.58. The minimum absolute atomic E-state index is 0.0591. The van der Waals surface area contributed by atoms with E-state index < -0.39 is 23.9 Å². The second-order valence-electron chi connectivity index (χ2n) is 4.82. The molecule has 0 aliphatic rings. The molecule has 0 amide bonds. The van der Waals surface area contributed by atoms with Crippen molar-refractivity contribution in [3.63, 3.8) is 0 Å². The van der Waals surface area contributed by atoms with Gasteiger partial charge in [-0.05, 0) is 25.8 Å². The molecule has 0 radical (unpaired) electrons. The van der Waals surface area contributed by atoms with Crippen LogP contribution in [-0.2, 0) is 28.6 Å². The van der Waals surface area contributed by atoms with Crippen LogP contribution in [0.3, 0.4) is 0 Å². The van der Waals surface area contributed by atoms with Crippen molar-refractivity contribution < 1.29 is 28.6 Å². The molecule has 0 aliphatic carbocycles. The normalized spacial score (nSPS) is 12.9. The molecular weight excluding hydrogens is 302 g/mol. The molecular formula is C16H25NO6. The summed E-state index contributed by atoms with van der Waals surface area (Å²) in [6.07, 6.45) is 3.73. The molecule has 0 heterocycles. The molecule has 1 N–H and O–H groups in total. The number of hydrogen-bond acceptors (Lipinski definition) is 7. The maximum absolute atomic E-state index is 11.9. The lowest BCUT2D eigenvalue weighted by Crippen LogP contribution is -2.39.